The van der Waals surface area contributed by atoms with Gasteiger partial charge in [-0.1, -0.05) is 41.9 Å². The number of rotatable bonds is 4. The van der Waals surface area contributed by atoms with Gasteiger partial charge in [-0.15, -0.1) is 0 Å². The van der Waals surface area contributed by atoms with E-state index < -0.39 is 0 Å². The van der Waals surface area contributed by atoms with Crippen molar-refractivity contribution >= 4 is 45.6 Å². The fourth-order valence-corrected chi connectivity index (χ4v) is 4.14. The quantitative estimate of drug-likeness (QED) is 0.385. The Bertz CT molecular complexity index is 1350. The Morgan fingerprint density at radius 2 is 1.94 bits per heavy atom. The second kappa shape index (κ2) is 7.48. The highest BCUT2D eigenvalue weighted by Gasteiger charge is 2.22. The van der Waals surface area contributed by atoms with Crippen LogP contribution in [0.4, 0.5) is 23.3 Å². The zero-order valence-electron chi connectivity index (χ0n) is 16.7. The second-order valence-electron chi connectivity index (χ2n) is 7.30. The van der Waals surface area contributed by atoms with Crippen LogP contribution < -0.4 is 27.2 Å². The number of fused-ring (bicyclic) bond motifs is 2. The van der Waals surface area contributed by atoms with Crippen molar-refractivity contribution in [3.8, 4) is 5.69 Å². The van der Waals surface area contributed by atoms with Crippen molar-refractivity contribution in [2.75, 3.05) is 28.4 Å². The first-order valence-electron chi connectivity index (χ1n) is 9.84. The van der Waals surface area contributed by atoms with Gasteiger partial charge in [-0.3, -0.25) is 9.36 Å². The van der Waals surface area contributed by atoms with E-state index in [1.807, 2.05) is 55.5 Å². The first-order valence-corrected chi connectivity index (χ1v) is 10.2. The average Bonchev–Trinajstić information content (AvgIpc) is 3.22. The smallest absolute Gasteiger partial charge is 0.264 e. The molecule has 1 aliphatic rings. The van der Waals surface area contributed by atoms with Gasteiger partial charge >= 0.3 is 0 Å². The van der Waals surface area contributed by atoms with Crippen molar-refractivity contribution in [3.63, 3.8) is 0 Å². The largest absolute Gasteiger partial charge is 0.368 e. The van der Waals surface area contributed by atoms with E-state index in [0.717, 1.165) is 22.5 Å². The van der Waals surface area contributed by atoms with Gasteiger partial charge in [0.05, 0.1) is 23.1 Å². The molecule has 4 aromatic rings. The van der Waals surface area contributed by atoms with Crippen LogP contribution in [0.2, 0.25) is 5.02 Å². The fourth-order valence-electron chi connectivity index (χ4n) is 3.87. The third-order valence-corrected chi connectivity index (χ3v) is 5.60. The number of hydrogen-bond acceptors (Lipinski definition) is 7. The molecule has 0 aliphatic carbocycles. The normalized spacial score (nSPS) is 13.4. The maximum Gasteiger partial charge on any atom is 0.264 e. The van der Waals surface area contributed by atoms with Gasteiger partial charge in [0.15, 0.2) is 11.6 Å². The summed E-state index contributed by atoms with van der Waals surface area (Å²) < 4.78 is 1.68. The lowest BCUT2D eigenvalue weighted by molar-refractivity contribution is 0.774. The SMILES string of the molecule is C[C@H](Nc1nc(N)nc2c1NCN2)c1cc2cccc(Cl)c2c(=O)n1-c1ccccc1. The molecule has 1 aliphatic heterocycles. The molecule has 0 saturated heterocycles. The second-order valence-corrected chi connectivity index (χ2v) is 7.71. The average molecular weight is 434 g/mol. The van der Waals surface area contributed by atoms with E-state index in [1.165, 1.54) is 0 Å². The number of pyridine rings is 1. The summed E-state index contributed by atoms with van der Waals surface area (Å²) in [7, 11) is 0. The molecule has 0 bridgehead atoms. The van der Waals surface area contributed by atoms with Crippen LogP contribution in [0.15, 0.2) is 59.4 Å². The molecule has 2 aromatic heterocycles. The Morgan fingerprint density at radius 3 is 2.74 bits per heavy atom. The van der Waals surface area contributed by atoms with Crippen molar-refractivity contribution < 1.29 is 0 Å². The number of halogens is 1. The number of hydrogen-bond donors (Lipinski definition) is 4. The van der Waals surface area contributed by atoms with Crippen LogP contribution in [-0.4, -0.2) is 21.2 Å². The lowest BCUT2D eigenvalue weighted by Gasteiger charge is -2.22. The molecular formula is C22H20ClN7O. The maximum atomic E-state index is 13.6. The summed E-state index contributed by atoms with van der Waals surface area (Å²) in [6.07, 6.45) is 0. The molecule has 0 saturated carbocycles. The number of para-hydroxylation sites is 1. The minimum absolute atomic E-state index is 0.162. The van der Waals surface area contributed by atoms with E-state index in [-0.39, 0.29) is 17.5 Å². The highest BCUT2D eigenvalue weighted by molar-refractivity contribution is 6.35. The minimum Gasteiger partial charge on any atom is -0.368 e. The third kappa shape index (κ3) is 3.30. The Morgan fingerprint density at radius 1 is 1.13 bits per heavy atom. The number of nitrogen functional groups attached to an aromatic ring is 1. The lowest BCUT2D eigenvalue weighted by atomic mass is 10.1. The lowest BCUT2D eigenvalue weighted by Crippen LogP contribution is -2.26. The van der Waals surface area contributed by atoms with Gasteiger partial charge in [0, 0.05) is 11.4 Å². The number of nitrogens with one attached hydrogen (secondary N) is 3. The van der Waals surface area contributed by atoms with Crippen molar-refractivity contribution in [1.82, 2.24) is 14.5 Å². The molecule has 31 heavy (non-hydrogen) atoms. The summed E-state index contributed by atoms with van der Waals surface area (Å²) in [5, 5.41) is 11.4. The van der Waals surface area contributed by atoms with Gasteiger partial charge < -0.3 is 21.7 Å². The topological polar surface area (TPSA) is 110 Å². The molecule has 3 heterocycles. The first kappa shape index (κ1) is 19.2. The summed E-state index contributed by atoms with van der Waals surface area (Å²) in [5.41, 5.74) is 7.98. The van der Waals surface area contributed by atoms with Crippen molar-refractivity contribution in [2.45, 2.75) is 13.0 Å². The van der Waals surface area contributed by atoms with Gasteiger partial charge in [0.2, 0.25) is 5.95 Å². The molecule has 0 spiro atoms. The summed E-state index contributed by atoms with van der Waals surface area (Å²) >= 11 is 6.39. The Balaban J connectivity index is 1.69. The van der Waals surface area contributed by atoms with E-state index in [4.69, 9.17) is 17.3 Å². The van der Waals surface area contributed by atoms with E-state index in [9.17, 15) is 4.79 Å². The zero-order chi connectivity index (χ0) is 21.5. The molecule has 5 rings (SSSR count). The number of anilines is 4. The third-order valence-electron chi connectivity index (χ3n) is 5.28. The van der Waals surface area contributed by atoms with Crippen LogP contribution in [0.3, 0.4) is 0 Å². The van der Waals surface area contributed by atoms with Crippen molar-refractivity contribution in [2.24, 2.45) is 0 Å². The van der Waals surface area contributed by atoms with Crippen LogP contribution >= 0.6 is 11.6 Å². The van der Waals surface area contributed by atoms with E-state index >= 15 is 0 Å². The molecular weight excluding hydrogens is 414 g/mol. The summed E-state index contributed by atoms with van der Waals surface area (Å²) in [5.74, 6) is 1.38. The molecule has 156 valence electrons. The van der Waals surface area contributed by atoms with Gasteiger partial charge in [0.25, 0.3) is 5.56 Å². The molecule has 2 aromatic carbocycles. The maximum absolute atomic E-state index is 13.6. The molecule has 0 unspecified atom stereocenters. The molecule has 9 heteroatoms. The first-order chi connectivity index (χ1) is 15.0. The molecule has 0 amide bonds. The van der Waals surface area contributed by atoms with Crippen LogP contribution in [-0.2, 0) is 0 Å². The summed E-state index contributed by atoms with van der Waals surface area (Å²) in [6, 6.07) is 16.6. The van der Waals surface area contributed by atoms with Crippen molar-refractivity contribution in [3.05, 3.63) is 75.7 Å². The van der Waals surface area contributed by atoms with Gasteiger partial charge in [-0.05, 0) is 36.6 Å². The highest BCUT2D eigenvalue weighted by atomic mass is 35.5. The zero-order valence-corrected chi connectivity index (χ0v) is 17.4. The molecule has 8 nitrogen and oxygen atoms in total. The summed E-state index contributed by atoms with van der Waals surface area (Å²) in [4.78, 5) is 22.1. The van der Waals surface area contributed by atoms with Crippen LogP contribution in [0.1, 0.15) is 18.7 Å². The van der Waals surface area contributed by atoms with Gasteiger partial charge in [-0.2, -0.15) is 9.97 Å². The van der Waals surface area contributed by atoms with Crippen LogP contribution in [0.5, 0.6) is 0 Å². The van der Waals surface area contributed by atoms with E-state index in [2.05, 4.69) is 25.9 Å². The van der Waals surface area contributed by atoms with E-state index in [0.29, 0.717) is 28.7 Å². The molecule has 0 fully saturated rings. The molecule has 5 N–H and O–H groups in total. The van der Waals surface area contributed by atoms with Crippen molar-refractivity contribution in [1.29, 1.82) is 0 Å². The predicted molar refractivity (Wildman–Crippen MR) is 125 cm³/mol. The van der Waals surface area contributed by atoms with Gasteiger partial charge in [0.1, 0.15) is 5.69 Å². The number of nitrogens with zero attached hydrogens (tertiary/aromatic N) is 3. The summed E-state index contributed by atoms with van der Waals surface area (Å²) in [6.45, 7) is 2.51. The number of nitrogens with two attached hydrogens (primary N) is 1. The molecule has 1 atom stereocenters. The fraction of sp³-hybridized carbons (Fsp3) is 0.136. The standard InChI is InChI=1S/C22H20ClN7O/c1-12(27-20-18-19(26-11-25-18)28-22(24)29-20)16-10-13-6-5-9-15(23)17(13)21(31)30(16)14-7-3-2-4-8-14/h2-10,12,25H,11H2,1H3,(H4,24,26,27,28,29)/t12-/m0/s1. The minimum atomic E-state index is -0.280. The Hall–Kier alpha value is -3.78. The monoisotopic (exact) mass is 433 g/mol. The number of benzene rings is 2. The Kier molecular flexibility index (Phi) is 4.63. The van der Waals surface area contributed by atoms with Gasteiger partial charge in [-0.25, -0.2) is 0 Å². The Labute approximate surface area is 183 Å². The predicted octanol–water partition coefficient (Wildman–Crippen LogP) is 3.98. The van der Waals surface area contributed by atoms with E-state index in [1.54, 1.807) is 10.6 Å². The molecule has 0 radical (unpaired) electrons. The van der Waals surface area contributed by atoms with Crippen LogP contribution in [0, 0.1) is 0 Å². The highest BCUT2D eigenvalue weighted by Crippen LogP contribution is 2.34. The number of aromatic nitrogens is 3. The van der Waals surface area contributed by atoms with Crippen LogP contribution in [0.25, 0.3) is 16.5 Å².